The second-order valence-electron chi connectivity index (χ2n) is 6.27. The normalized spacial score (nSPS) is 16.2. The molecule has 3 nitrogen and oxygen atoms in total. The number of hydrogen-bond acceptors (Lipinski definition) is 3. The molecule has 0 aliphatic heterocycles. The van der Waals surface area contributed by atoms with E-state index in [1.165, 1.54) is 5.56 Å². The Labute approximate surface area is 141 Å². The zero-order chi connectivity index (χ0) is 16.7. The van der Waals surface area contributed by atoms with Crippen LogP contribution in [0, 0.1) is 13.8 Å². The molecule has 0 amide bonds. The van der Waals surface area contributed by atoms with E-state index in [4.69, 9.17) is 0 Å². The van der Waals surface area contributed by atoms with Crippen LogP contribution in [0.2, 0.25) is 0 Å². The molecule has 1 aliphatic rings. The van der Waals surface area contributed by atoms with Crippen LogP contribution in [0.3, 0.4) is 0 Å². The molecule has 24 heavy (non-hydrogen) atoms. The fraction of sp³-hybridized carbons (Fsp3) is 0.143. The smallest absolute Gasteiger partial charge is 0.191 e. The Morgan fingerprint density at radius 1 is 1.04 bits per heavy atom. The lowest BCUT2D eigenvalue weighted by atomic mass is 9.94. The van der Waals surface area contributed by atoms with Crippen molar-refractivity contribution in [2.45, 2.75) is 19.9 Å². The van der Waals surface area contributed by atoms with Crippen molar-refractivity contribution in [3.8, 4) is 0 Å². The fourth-order valence-corrected chi connectivity index (χ4v) is 3.07. The molecule has 0 saturated heterocycles. The number of Topliss-reactive ketones (excluding diaryl/α,β-unsaturated/α-hetero) is 1. The van der Waals surface area contributed by atoms with Crippen LogP contribution >= 0.6 is 0 Å². The van der Waals surface area contributed by atoms with Crippen molar-refractivity contribution in [1.82, 2.24) is 4.98 Å². The second-order valence-corrected chi connectivity index (χ2v) is 6.27. The summed E-state index contributed by atoms with van der Waals surface area (Å²) in [5.41, 5.74) is 5.63. The zero-order valence-corrected chi connectivity index (χ0v) is 13.7. The average molecular weight is 314 g/mol. The maximum absolute atomic E-state index is 12.9. The van der Waals surface area contributed by atoms with Gasteiger partial charge in [-0.15, -0.1) is 0 Å². The molecular weight excluding hydrogens is 296 g/mol. The highest BCUT2D eigenvalue weighted by atomic mass is 16.1. The predicted octanol–water partition coefficient (Wildman–Crippen LogP) is 4.54. The fourth-order valence-electron chi connectivity index (χ4n) is 3.07. The lowest BCUT2D eigenvalue weighted by Gasteiger charge is -2.20. The predicted molar refractivity (Wildman–Crippen MR) is 98.4 cm³/mol. The van der Waals surface area contributed by atoms with Crippen LogP contribution in [0.25, 0.3) is 17.0 Å². The summed E-state index contributed by atoms with van der Waals surface area (Å²) in [5, 5.41) is 4.33. The van der Waals surface area contributed by atoms with Crippen molar-refractivity contribution in [3.63, 3.8) is 0 Å². The monoisotopic (exact) mass is 314 g/mol. The zero-order valence-electron chi connectivity index (χ0n) is 13.7. The minimum atomic E-state index is -0.358. The highest BCUT2D eigenvalue weighted by Gasteiger charge is 2.25. The molecule has 0 spiro atoms. The van der Waals surface area contributed by atoms with Crippen molar-refractivity contribution in [3.05, 3.63) is 77.0 Å². The van der Waals surface area contributed by atoms with Gasteiger partial charge in [-0.3, -0.25) is 4.79 Å². The van der Waals surface area contributed by atoms with Gasteiger partial charge in [0.25, 0.3) is 0 Å². The summed E-state index contributed by atoms with van der Waals surface area (Å²) in [4.78, 5) is 17.5. The summed E-state index contributed by atoms with van der Waals surface area (Å²) >= 11 is 0. The van der Waals surface area contributed by atoms with E-state index in [0.717, 1.165) is 27.8 Å². The molecule has 1 aromatic heterocycles. The number of aromatic nitrogens is 1. The van der Waals surface area contributed by atoms with Crippen LogP contribution in [0.4, 0.5) is 5.69 Å². The Bertz CT molecular complexity index is 971. The van der Waals surface area contributed by atoms with E-state index >= 15 is 0 Å². The van der Waals surface area contributed by atoms with Gasteiger partial charge in [-0.05, 0) is 49.8 Å². The average Bonchev–Trinajstić information content (AvgIpc) is 2.59. The van der Waals surface area contributed by atoms with Crippen LogP contribution in [0.5, 0.6) is 0 Å². The third-order valence-electron chi connectivity index (χ3n) is 4.47. The summed E-state index contributed by atoms with van der Waals surface area (Å²) in [6, 6.07) is 15.7. The van der Waals surface area contributed by atoms with E-state index in [0.29, 0.717) is 5.56 Å². The van der Waals surface area contributed by atoms with Crippen molar-refractivity contribution < 1.29 is 4.79 Å². The van der Waals surface area contributed by atoms with Gasteiger partial charge in [-0.25, -0.2) is 4.98 Å². The lowest BCUT2D eigenvalue weighted by Crippen LogP contribution is -2.30. The Kier molecular flexibility index (Phi) is 3.42. The van der Waals surface area contributed by atoms with Crippen LogP contribution < -0.4 is 5.32 Å². The number of ketones is 1. The molecule has 4 rings (SSSR count). The Hall–Kier alpha value is -2.94. The van der Waals surface area contributed by atoms with Gasteiger partial charge in [-0.1, -0.05) is 35.9 Å². The number of carbonyl (C=O) groups is 1. The first-order chi connectivity index (χ1) is 11.6. The first-order valence-corrected chi connectivity index (χ1v) is 8.08. The SMILES string of the molecule is Cc1ccc(NC2C=Cc3nc4cccc(C)c4cc3C2=O)cc1. The highest BCUT2D eigenvalue weighted by Crippen LogP contribution is 2.26. The van der Waals surface area contributed by atoms with Crippen molar-refractivity contribution in [2.75, 3.05) is 5.32 Å². The molecule has 1 unspecified atom stereocenters. The molecule has 0 fully saturated rings. The van der Waals surface area contributed by atoms with Gasteiger partial charge in [0.1, 0.15) is 6.04 Å². The number of hydrogen-bond donors (Lipinski definition) is 1. The Balaban J connectivity index is 1.71. The molecule has 3 aromatic rings. The van der Waals surface area contributed by atoms with E-state index < -0.39 is 0 Å². The molecule has 118 valence electrons. The third-order valence-corrected chi connectivity index (χ3v) is 4.47. The largest absolute Gasteiger partial charge is 0.372 e. The van der Waals surface area contributed by atoms with Crippen molar-refractivity contribution in [2.24, 2.45) is 0 Å². The molecule has 0 bridgehead atoms. The number of pyridine rings is 1. The van der Waals surface area contributed by atoms with E-state index in [9.17, 15) is 4.79 Å². The second kappa shape index (κ2) is 5.60. The van der Waals surface area contributed by atoms with E-state index in [1.54, 1.807) is 0 Å². The van der Waals surface area contributed by atoms with E-state index in [-0.39, 0.29) is 11.8 Å². The number of nitrogens with one attached hydrogen (secondary N) is 1. The van der Waals surface area contributed by atoms with E-state index in [2.05, 4.69) is 10.3 Å². The van der Waals surface area contributed by atoms with Gasteiger partial charge < -0.3 is 5.32 Å². The van der Waals surface area contributed by atoms with Crippen LogP contribution in [0.1, 0.15) is 27.2 Å². The summed E-state index contributed by atoms with van der Waals surface area (Å²) in [6.07, 6.45) is 3.82. The first kappa shape index (κ1) is 14.6. The van der Waals surface area contributed by atoms with Gasteiger partial charge in [-0.2, -0.15) is 0 Å². The molecule has 1 atom stereocenters. The molecule has 1 N–H and O–H groups in total. The lowest BCUT2D eigenvalue weighted by molar-refractivity contribution is 0.0983. The molecule has 0 saturated carbocycles. The Morgan fingerprint density at radius 3 is 2.62 bits per heavy atom. The van der Waals surface area contributed by atoms with Crippen LogP contribution in [-0.2, 0) is 0 Å². The molecule has 2 aromatic carbocycles. The third kappa shape index (κ3) is 2.48. The summed E-state index contributed by atoms with van der Waals surface area (Å²) in [6.45, 7) is 4.09. The molecule has 1 aliphatic carbocycles. The first-order valence-electron chi connectivity index (χ1n) is 8.08. The summed E-state index contributed by atoms with van der Waals surface area (Å²) in [7, 11) is 0. The van der Waals surface area contributed by atoms with Gasteiger partial charge in [0.2, 0.25) is 0 Å². The van der Waals surface area contributed by atoms with Crippen molar-refractivity contribution >= 4 is 28.4 Å². The number of carbonyl (C=O) groups excluding carboxylic acids is 1. The number of nitrogens with zero attached hydrogens (tertiary/aromatic N) is 1. The quantitative estimate of drug-likeness (QED) is 0.755. The highest BCUT2D eigenvalue weighted by molar-refractivity contribution is 6.09. The maximum atomic E-state index is 12.9. The number of benzene rings is 2. The summed E-state index contributed by atoms with van der Waals surface area (Å²) in [5.74, 6) is 0.0609. The number of fused-ring (bicyclic) bond motifs is 2. The van der Waals surface area contributed by atoms with Crippen LogP contribution in [-0.4, -0.2) is 16.8 Å². The van der Waals surface area contributed by atoms with Gasteiger partial charge in [0.05, 0.1) is 11.2 Å². The maximum Gasteiger partial charge on any atom is 0.191 e. The topological polar surface area (TPSA) is 42.0 Å². The van der Waals surface area contributed by atoms with E-state index in [1.807, 2.05) is 74.5 Å². The van der Waals surface area contributed by atoms with Crippen molar-refractivity contribution in [1.29, 1.82) is 0 Å². The number of rotatable bonds is 2. The standard InChI is InChI=1S/C21H18N2O/c1-13-6-8-15(9-7-13)22-20-11-10-19-17(21(20)24)12-16-14(2)4-3-5-18(16)23-19/h3-12,20,22H,1-2H3. The van der Waals surface area contributed by atoms with Gasteiger partial charge in [0.15, 0.2) is 5.78 Å². The number of anilines is 1. The molecule has 1 heterocycles. The minimum Gasteiger partial charge on any atom is -0.372 e. The summed E-state index contributed by atoms with van der Waals surface area (Å²) < 4.78 is 0. The number of aryl methyl sites for hydroxylation is 2. The molecular formula is C21H18N2O. The van der Waals surface area contributed by atoms with Crippen LogP contribution in [0.15, 0.2) is 54.6 Å². The Morgan fingerprint density at radius 2 is 1.83 bits per heavy atom. The molecule has 0 radical (unpaired) electrons. The van der Waals surface area contributed by atoms with Gasteiger partial charge >= 0.3 is 0 Å². The minimum absolute atomic E-state index is 0.0609. The molecule has 3 heteroatoms. The van der Waals surface area contributed by atoms with Gasteiger partial charge in [0, 0.05) is 16.6 Å².